The molecule has 0 aromatic carbocycles. The van der Waals surface area contributed by atoms with Crippen molar-refractivity contribution in [2.75, 3.05) is 20.1 Å². The van der Waals surface area contributed by atoms with Crippen LogP contribution in [0, 0.1) is 47.3 Å². The van der Waals surface area contributed by atoms with Gasteiger partial charge in [0, 0.05) is 30.7 Å². The minimum absolute atomic E-state index is 0.798. The molecule has 12 atom stereocenters. The number of rotatable bonds is 2. The van der Waals surface area contributed by atoms with Gasteiger partial charge in [-0.2, -0.15) is 0 Å². The first-order chi connectivity index (χ1) is 15.0. The minimum atomic E-state index is 0.798. The number of likely N-dealkylation sites (tertiary alicyclic amines) is 1. The van der Waals surface area contributed by atoms with Crippen LogP contribution in [-0.2, 0) is 0 Å². The van der Waals surface area contributed by atoms with Crippen molar-refractivity contribution in [2.45, 2.75) is 109 Å². The third kappa shape index (κ3) is 4.03. The Kier molecular flexibility index (Phi) is 5.93. The molecule has 0 aromatic heterocycles. The lowest BCUT2D eigenvalue weighted by atomic mass is 9.65. The molecule has 3 heteroatoms. The molecular weight excluding hydrogens is 378 g/mol. The highest BCUT2D eigenvalue weighted by molar-refractivity contribution is 5.04. The fraction of sp³-hybridized carbons (Fsp3) is 1.00. The van der Waals surface area contributed by atoms with Gasteiger partial charge in [0.25, 0.3) is 0 Å². The summed E-state index contributed by atoms with van der Waals surface area (Å²) in [6.45, 7) is 7.70. The van der Waals surface area contributed by atoms with Gasteiger partial charge in [0.2, 0.25) is 0 Å². The van der Waals surface area contributed by atoms with Crippen LogP contribution in [0.3, 0.4) is 0 Å². The van der Waals surface area contributed by atoms with Crippen molar-refractivity contribution in [3.8, 4) is 0 Å². The summed E-state index contributed by atoms with van der Waals surface area (Å²) < 4.78 is 0. The van der Waals surface area contributed by atoms with Crippen molar-refractivity contribution >= 4 is 0 Å². The normalized spacial score (nSPS) is 55.1. The van der Waals surface area contributed by atoms with E-state index in [0.29, 0.717) is 0 Å². The van der Waals surface area contributed by atoms with Gasteiger partial charge in [-0.1, -0.05) is 13.8 Å². The third-order valence-electron chi connectivity index (χ3n) is 11.3. The van der Waals surface area contributed by atoms with Crippen LogP contribution < -0.4 is 10.6 Å². The molecule has 0 unspecified atom stereocenters. The molecule has 0 radical (unpaired) electrons. The molecule has 31 heavy (non-hydrogen) atoms. The lowest BCUT2D eigenvalue weighted by molar-refractivity contribution is -0.00360. The van der Waals surface area contributed by atoms with Crippen molar-refractivity contribution in [1.29, 1.82) is 0 Å². The molecule has 0 aromatic rings. The Morgan fingerprint density at radius 1 is 0.774 bits per heavy atom. The molecule has 2 bridgehead atoms. The highest BCUT2D eigenvalue weighted by Gasteiger charge is 2.50. The molecule has 6 aliphatic rings. The summed E-state index contributed by atoms with van der Waals surface area (Å²) in [6, 6.07) is 3.33. The standard InChI is InChI=1S/C28H49N3/c1-17-9-19(23-5-4-8-29-26(23)11-17)13-22-6-7-24-21-14-25-20(15-27(24)30-22)10-18(2)12-28(25)31(3)16-21/h17-30H,4-16H2,1-3H3/t17-,18+,19+,20-,21+,22-,23-,24+,25+,26+,27-,28-/m0/s1. The molecule has 176 valence electrons. The fourth-order valence-electron chi connectivity index (χ4n) is 10.1. The maximum Gasteiger partial charge on any atom is 0.0126 e. The van der Waals surface area contributed by atoms with E-state index in [0.717, 1.165) is 71.5 Å². The molecule has 2 N–H and O–H groups in total. The molecular formula is C28H49N3. The minimum Gasteiger partial charge on any atom is -0.314 e. The van der Waals surface area contributed by atoms with Crippen molar-refractivity contribution in [3.05, 3.63) is 0 Å². The monoisotopic (exact) mass is 427 g/mol. The van der Waals surface area contributed by atoms with Crippen LogP contribution in [0.2, 0.25) is 0 Å². The van der Waals surface area contributed by atoms with Crippen LogP contribution in [0.5, 0.6) is 0 Å². The summed E-state index contributed by atoms with van der Waals surface area (Å²) in [5, 5.41) is 8.26. The molecule has 0 spiro atoms. The smallest absolute Gasteiger partial charge is 0.0126 e. The second-order valence-corrected chi connectivity index (χ2v) is 13.4. The average Bonchev–Trinajstić information content (AvgIpc) is 2.87. The first-order valence-corrected chi connectivity index (χ1v) is 14.2. The Hall–Kier alpha value is -0.120. The van der Waals surface area contributed by atoms with Crippen LogP contribution in [0.4, 0.5) is 0 Å². The summed E-state index contributed by atoms with van der Waals surface area (Å²) in [5.74, 6) is 7.68. The molecule has 6 rings (SSSR count). The Bertz CT molecular complexity index is 636. The van der Waals surface area contributed by atoms with E-state index in [9.17, 15) is 0 Å². The number of nitrogens with one attached hydrogen (secondary N) is 2. The van der Waals surface area contributed by atoms with Crippen molar-refractivity contribution in [3.63, 3.8) is 0 Å². The van der Waals surface area contributed by atoms with Crippen molar-refractivity contribution < 1.29 is 0 Å². The Morgan fingerprint density at radius 3 is 2.55 bits per heavy atom. The van der Waals surface area contributed by atoms with Gasteiger partial charge >= 0.3 is 0 Å². The predicted octanol–water partition coefficient (Wildman–Crippen LogP) is 4.91. The van der Waals surface area contributed by atoms with E-state index in [1.807, 2.05) is 0 Å². The Morgan fingerprint density at radius 2 is 1.65 bits per heavy atom. The van der Waals surface area contributed by atoms with Crippen molar-refractivity contribution in [2.24, 2.45) is 47.3 Å². The van der Waals surface area contributed by atoms with Gasteiger partial charge in [-0.15, -0.1) is 0 Å². The van der Waals surface area contributed by atoms with Gasteiger partial charge in [0.05, 0.1) is 0 Å². The van der Waals surface area contributed by atoms with Gasteiger partial charge in [0.1, 0.15) is 0 Å². The van der Waals surface area contributed by atoms with E-state index >= 15 is 0 Å². The van der Waals surface area contributed by atoms with Crippen LogP contribution in [0.1, 0.15) is 84.5 Å². The largest absolute Gasteiger partial charge is 0.314 e. The maximum atomic E-state index is 4.36. The van der Waals surface area contributed by atoms with Crippen LogP contribution in [0.25, 0.3) is 0 Å². The Balaban J connectivity index is 1.16. The average molecular weight is 428 g/mol. The zero-order valence-corrected chi connectivity index (χ0v) is 20.6. The summed E-state index contributed by atoms with van der Waals surface area (Å²) in [6.07, 6.45) is 16.3. The van der Waals surface area contributed by atoms with E-state index < -0.39 is 0 Å². The predicted molar refractivity (Wildman–Crippen MR) is 129 cm³/mol. The summed E-state index contributed by atoms with van der Waals surface area (Å²) >= 11 is 0. The second kappa shape index (κ2) is 8.58. The SMILES string of the molecule is C[C@@H]1C[C@H]2C[C@@H]3N[C@H](C[C@H]4C[C@H](C)C[C@H]5NCCC[C@@H]45)CC[C@@H]3[C@@H]3C[C@H]2[C@H](C1)N(C)C3. The summed E-state index contributed by atoms with van der Waals surface area (Å²) in [4.78, 5) is 2.80. The number of hydrogen-bond acceptors (Lipinski definition) is 3. The van der Waals surface area contributed by atoms with Gasteiger partial charge in [0.15, 0.2) is 0 Å². The molecule has 3 aliphatic heterocycles. The Labute approximate surface area is 191 Å². The zero-order chi connectivity index (χ0) is 21.1. The highest BCUT2D eigenvalue weighted by Crippen LogP contribution is 2.51. The molecule has 3 nitrogen and oxygen atoms in total. The number of nitrogens with zero attached hydrogens (tertiary/aromatic N) is 1. The molecule has 0 amide bonds. The van der Waals surface area contributed by atoms with E-state index in [2.05, 4.69) is 36.4 Å². The fourth-order valence-corrected chi connectivity index (χ4v) is 10.1. The topological polar surface area (TPSA) is 27.3 Å². The zero-order valence-electron chi connectivity index (χ0n) is 20.6. The lowest BCUT2D eigenvalue weighted by Crippen LogP contribution is -2.54. The van der Waals surface area contributed by atoms with Gasteiger partial charge in [-0.25, -0.2) is 0 Å². The first kappa shape index (κ1) is 21.4. The molecule has 6 fully saturated rings. The highest BCUT2D eigenvalue weighted by atomic mass is 15.2. The molecule has 3 heterocycles. The number of piperidine rings is 3. The van der Waals surface area contributed by atoms with Crippen molar-refractivity contribution in [1.82, 2.24) is 15.5 Å². The number of fused-ring (bicyclic) bond motifs is 4. The van der Waals surface area contributed by atoms with Crippen LogP contribution in [-0.4, -0.2) is 49.2 Å². The van der Waals surface area contributed by atoms with Crippen LogP contribution in [0.15, 0.2) is 0 Å². The maximum absolute atomic E-state index is 4.36. The number of hydrogen-bond donors (Lipinski definition) is 2. The molecule has 3 aliphatic carbocycles. The molecule has 3 saturated heterocycles. The molecule has 3 saturated carbocycles. The lowest BCUT2D eigenvalue weighted by Gasteiger charge is -2.50. The van der Waals surface area contributed by atoms with E-state index in [1.54, 1.807) is 6.42 Å². The summed E-state index contributed by atoms with van der Waals surface area (Å²) in [7, 11) is 2.46. The van der Waals surface area contributed by atoms with Gasteiger partial charge in [-0.05, 0) is 132 Å². The van der Waals surface area contributed by atoms with Crippen LogP contribution >= 0.6 is 0 Å². The quantitative estimate of drug-likeness (QED) is 0.655. The van der Waals surface area contributed by atoms with Gasteiger partial charge < -0.3 is 15.5 Å². The third-order valence-corrected chi connectivity index (χ3v) is 11.3. The van der Waals surface area contributed by atoms with E-state index in [4.69, 9.17) is 0 Å². The van der Waals surface area contributed by atoms with E-state index in [1.165, 1.54) is 77.3 Å². The van der Waals surface area contributed by atoms with E-state index in [-0.39, 0.29) is 0 Å². The first-order valence-electron chi connectivity index (χ1n) is 14.2. The summed E-state index contributed by atoms with van der Waals surface area (Å²) in [5.41, 5.74) is 0. The van der Waals surface area contributed by atoms with Gasteiger partial charge in [-0.3, -0.25) is 0 Å². The second-order valence-electron chi connectivity index (χ2n) is 13.4.